The molecule has 1 aliphatic heterocycles. The van der Waals surface area contributed by atoms with Crippen molar-refractivity contribution in [1.29, 1.82) is 0 Å². The van der Waals surface area contributed by atoms with Gasteiger partial charge in [-0.3, -0.25) is 19.4 Å². The van der Waals surface area contributed by atoms with Gasteiger partial charge in [0.05, 0.1) is 29.2 Å². The van der Waals surface area contributed by atoms with E-state index < -0.39 is 21.7 Å². The summed E-state index contributed by atoms with van der Waals surface area (Å²) in [6.45, 7) is 2.24. The Balaban J connectivity index is 1.66. The zero-order chi connectivity index (χ0) is 26.0. The summed E-state index contributed by atoms with van der Waals surface area (Å²) < 4.78 is 23.8. The number of benzene rings is 2. The van der Waals surface area contributed by atoms with E-state index >= 15 is 0 Å². The Morgan fingerprint density at radius 3 is 2.67 bits per heavy atom. The molecule has 0 saturated carbocycles. The lowest BCUT2D eigenvalue weighted by Crippen LogP contribution is -2.47. The Kier molecular flexibility index (Phi) is 7.28. The van der Waals surface area contributed by atoms with Crippen molar-refractivity contribution in [1.82, 2.24) is 15.2 Å². The summed E-state index contributed by atoms with van der Waals surface area (Å²) in [5, 5.41) is 7.15. The van der Waals surface area contributed by atoms with Crippen molar-refractivity contribution in [3.63, 3.8) is 0 Å². The number of anilines is 1. The second-order valence-electron chi connectivity index (χ2n) is 8.65. The molecular formula is C25H25ClN4O5S. The maximum Gasteiger partial charge on any atom is 0.254 e. The van der Waals surface area contributed by atoms with Gasteiger partial charge >= 0.3 is 0 Å². The normalized spacial score (nSPS) is 15.5. The quantitative estimate of drug-likeness (QED) is 0.485. The van der Waals surface area contributed by atoms with Crippen molar-refractivity contribution in [3.05, 3.63) is 64.9 Å². The molecule has 9 nitrogen and oxygen atoms in total. The van der Waals surface area contributed by atoms with Gasteiger partial charge in [0.1, 0.15) is 0 Å². The summed E-state index contributed by atoms with van der Waals surface area (Å²) in [7, 11) is -3.41. The standard InChI is InChI=1S/C25H25ClN4O5S/c1-3-8-28-23(31)14-30-13-21(20-10-16(26)4-6-19(20)25(30)33)24(32)29-22-12-27-11-15-9-17(36(2,34)35)5-7-18(15)22/h4-7,9-12,21H,3,8,13-14H2,1-2H3,(H,28,31)(H,29,32). The molecule has 1 aliphatic rings. The van der Waals surface area contributed by atoms with Crippen LogP contribution >= 0.6 is 11.6 Å². The number of nitrogens with one attached hydrogen (secondary N) is 2. The minimum absolute atomic E-state index is 0.00598. The molecule has 2 heterocycles. The van der Waals surface area contributed by atoms with Crippen LogP contribution in [0.2, 0.25) is 5.02 Å². The molecule has 36 heavy (non-hydrogen) atoms. The van der Waals surface area contributed by atoms with Crippen molar-refractivity contribution in [3.8, 4) is 0 Å². The molecule has 2 aromatic carbocycles. The van der Waals surface area contributed by atoms with E-state index in [1.54, 1.807) is 24.3 Å². The average molecular weight is 529 g/mol. The van der Waals surface area contributed by atoms with Gasteiger partial charge in [0.2, 0.25) is 11.8 Å². The van der Waals surface area contributed by atoms with Crippen LogP contribution in [0.5, 0.6) is 0 Å². The van der Waals surface area contributed by atoms with Crippen molar-refractivity contribution in [2.24, 2.45) is 0 Å². The molecular weight excluding hydrogens is 504 g/mol. The molecule has 0 aliphatic carbocycles. The molecule has 11 heteroatoms. The summed E-state index contributed by atoms with van der Waals surface area (Å²) >= 11 is 6.18. The average Bonchev–Trinajstić information content (AvgIpc) is 2.83. The molecule has 1 unspecified atom stereocenters. The highest BCUT2D eigenvalue weighted by atomic mass is 35.5. The largest absolute Gasteiger partial charge is 0.355 e. The Hall–Kier alpha value is -3.50. The van der Waals surface area contributed by atoms with Gasteiger partial charge in [-0.2, -0.15) is 0 Å². The van der Waals surface area contributed by atoms with E-state index in [4.69, 9.17) is 11.6 Å². The predicted octanol–water partition coefficient (Wildman–Crippen LogP) is 3.00. The smallest absolute Gasteiger partial charge is 0.254 e. The predicted molar refractivity (Wildman–Crippen MR) is 137 cm³/mol. The van der Waals surface area contributed by atoms with Crippen LogP contribution in [0.25, 0.3) is 10.8 Å². The first-order valence-corrected chi connectivity index (χ1v) is 13.6. The van der Waals surface area contributed by atoms with Gasteiger partial charge in [-0.15, -0.1) is 0 Å². The monoisotopic (exact) mass is 528 g/mol. The minimum atomic E-state index is -3.41. The summed E-state index contributed by atoms with van der Waals surface area (Å²) in [6.07, 6.45) is 4.87. The van der Waals surface area contributed by atoms with E-state index in [9.17, 15) is 22.8 Å². The molecule has 0 spiro atoms. The maximum atomic E-state index is 13.5. The van der Waals surface area contributed by atoms with E-state index in [1.165, 1.54) is 29.4 Å². The summed E-state index contributed by atoms with van der Waals surface area (Å²) in [4.78, 5) is 44.5. The van der Waals surface area contributed by atoms with E-state index in [2.05, 4.69) is 15.6 Å². The van der Waals surface area contributed by atoms with Crippen LogP contribution in [-0.4, -0.2) is 61.9 Å². The number of nitrogens with zero attached hydrogens (tertiary/aromatic N) is 2. The lowest BCUT2D eigenvalue weighted by molar-refractivity contribution is -0.123. The first-order chi connectivity index (χ1) is 17.1. The van der Waals surface area contributed by atoms with Crippen LogP contribution in [0.15, 0.2) is 53.7 Å². The van der Waals surface area contributed by atoms with Gasteiger partial charge in [0, 0.05) is 46.9 Å². The molecule has 2 N–H and O–H groups in total. The van der Waals surface area contributed by atoms with Crippen molar-refractivity contribution in [2.45, 2.75) is 24.2 Å². The number of carbonyl (C=O) groups excluding carboxylic acids is 3. The molecule has 3 amide bonds. The van der Waals surface area contributed by atoms with Crippen molar-refractivity contribution in [2.75, 3.05) is 31.2 Å². The summed E-state index contributed by atoms with van der Waals surface area (Å²) in [6, 6.07) is 9.30. The molecule has 4 rings (SSSR count). The molecule has 3 aromatic rings. The van der Waals surface area contributed by atoms with E-state index in [0.717, 1.165) is 12.7 Å². The Bertz CT molecular complexity index is 1470. The Morgan fingerprint density at radius 2 is 1.94 bits per heavy atom. The van der Waals surface area contributed by atoms with Crippen LogP contribution in [0, 0.1) is 0 Å². The minimum Gasteiger partial charge on any atom is -0.355 e. The number of aromatic nitrogens is 1. The fourth-order valence-electron chi connectivity index (χ4n) is 4.15. The van der Waals surface area contributed by atoms with Crippen LogP contribution in [-0.2, 0) is 19.4 Å². The number of fused-ring (bicyclic) bond motifs is 2. The maximum absolute atomic E-state index is 13.5. The van der Waals surface area contributed by atoms with E-state index in [-0.39, 0.29) is 29.8 Å². The second-order valence-corrected chi connectivity index (χ2v) is 11.1. The number of hydrogen-bond acceptors (Lipinski definition) is 6. The summed E-state index contributed by atoms with van der Waals surface area (Å²) in [5.74, 6) is -1.86. The third-order valence-corrected chi connectivity index (χ3v) is 7.29. The number of halogens is 1. The summed E-state index contributed by atoms with van der Waals surface area (Å²) in [5.41, 5.74) is 1.18. The highest BCUT2D eigenvalue weighted by Crippen LogP contribution is 2.33. The molecule has 1 atom stereocenters. The lowest BCUT2D eigenvalue weighted by Gasteiger charge is -2.33. The number of carbonyl (C=O) groups is 3. The Morgan fingerprint density at radius 1 is 1.17 bits per heavy atom. The molecule has 0 fully saturated rings. The number of pyridine rings is 1. The van der Waals surface area contributed by atoms with Gasteiger partial charge in [0.15, 0.2) is 9.84 Å². The van der Waals surface area contributed by atoms with E-state index in [1.807, 2.05) is 6.92 Å². The number of sulfone groups is 1. The SMILES string of the molecule is CCCNC(=O)CN1CC(C(=O)Nc2cncc3cc(S(C)(=O)=O)ccc23)c2cc(Cl)ccc2C1=O. The van der Waals surface area contributed by atoms with Gasteiger partial charge in [-0.1, -0.05) is 24.6 Å². The van der Waals surface area contributed by atoms with Crippen LogP contribution < -0.4 is 10.6 Å². The molecule has 188 valence electrons. The van der Waals surface area contributed by atoms with Crippen molar-refractivity contribution >= 4 is 55.6 Å². The third-order valence-electron chi connectivity index (χ3n) is 5.95. The second kappa shape index (κ2) is 10.2. The third kappa shape index (κ3) is 5.34. The Labute approximate surface area is 213 Å². The van der Waals surface area contributed by atoms with Crippen LogP contribution in [0.4, 0.5) is 5.69 Å². The first kappa shape index (κ1) is 25.6. The molecule has 1 aromatic heterocycles. The number of rotatable bonds is 7. The zero-order valence-electron chi connectivity index (χ0n) is 19.7. The van der Waals surface area contributed by atoms with Crippen molar-refractivity contribution < 1.29 is 22.8 Å². The lowest BCUT2D eigenvalue weighted by atomic mass is 9.88. The van der Waals surface area contributed by atoms with Crippen LogP contribution in [0.3, 0.4) is 0 Å². The fourth-order valence-corrected chi connectivity index (χ4v) is 4.98. The van der Waals surface area contributed by atoms with Gasteiger partial charge in [-0.05, 0) is 42.3 Å². The number of amides is 3. The first-order valence-electron chi connectivity index (χ1n) is 11.3. The molecule has 0 saturated heterocycles. The topological polar surface area (TPSA) is 126 Å². The highest BCUT2D eigenvalue weighted by molar-refractivity contribution is 7.90. The van der Waals surface area contributed by atoms with Gasteiger partial charge in [-0.25, -0.2) is 8.42 Å². The van der Waals surface area contributed by atoms with Gasteiger partial charge in [0.25, 0.3) is 5.91 Å². The zero-order valence-corrected chi connectivity index (χ0v) is 21.3. The molecule has 0 radical (unpaired) electrons. The number of hydrogen-bond donors (Lipinski definition) is 2. The molecule has 0 bridgehead atoms. The van der Waals surface area contributed by atoms with Crippen LogP contribution in [0.1, 0.15) is 35.2 Å². The van der Waals surface area contributed by atoms with Gasteiger partial charge < -0.3 is 15.5 Å². The highest BCUT2D eigenvalue weighted by Gasteiger charge is 2.36. The fraction of sp³-hybridized carbons (Fsp3) is 0.280. The van der Waals surface area contributed by atoms with E-state index in [0.29, 0.717) is 39.2 Å².